The van der Waals surface area contributed by atoms with Gasteiger partial charge in [0.05, 0.1) is 11.6 Å². The molecule has 2 nitrogen and oxygen atoms in total. The summed E-state index contributed by atoms with van der Waals surface area (Å²) in [7, 11) is -2.08. The van der Waals surface area contributed by atoms with E-state index in [2.05, 4.69) is 33.9 Å². The van der Waals surface area contributed by atoms with E-state index in [9.17, 15) is 8.78 Å². The Balaban J connectivity index is 1.96. The minimum atomic E-state index is -2.08. The highest BCUT2D eigenvalue weighted by atomic mass is 28.4. The summed E-state index contributed by atoms with van der Waals surface area (Å²) in [4.78, 5) is 0. The summed E-state index contributed by atoms with van der Waals surface area (Å²) in [6.45, 7) is 10.7. The number of halogens is 2. The first-order valence-corrected chi connectivity index (χ1v) is 12.7. The first kappa shape index (κ1) is 21.7. The summed E-state index contributed by atoms with van der Waals surface area (Å²) < 4.78 is 35.7. The Bertz CT molecular complexity index is 1110. The number of hydrogen-bond acceptors (Lipinski definition) is 2. The monoisotopic (exact) mass is 421 g/mol. The molecule has 0 radical (unpaired) electrons. The highest BCUT2D eigenvalue weighted by molar-refractivity contribution is 6.74. The van der Waals surface area contributed by atoms with Crippen LogP contribution in [0.4, 0.5) is 8.78 Å². The highest BCUT2D eigenvalue weighted by Gasteiger charge is 2.39. The molecule has 0 saturated heterocycles. The van der Waals surface area contributed by atoms with Gasteiger partial charge in [0.15, 0.2) is 0 Å². The van der Waals surface area contributed by atoms with Crippen LogP contribution in [0.15, 0.2) is 60.7 Å². The molecule has 0 spiro atoms. The SMILES string of the molecule is CC(C)(C)[Si](C)(C)Oc1ccc(F)c(-c2ccc(-c3ccc(C#N)cc3)c(F)c2)c1. The van der Waals surface area contributed by atoms with Crippen molar-refractivity contribution in [1.29, 1.82) is 5.26 Å². The molecule has 5 heteroatoms. The Morgan fingerprint density at radius 3 is 2.00 bits per heavy atom. The quantitative estimate of drug-likeness (QED) is 0.407. The van der Waals surface area contributed by atoms with Crippen LogP contribution in [0.25, 0.3) is 22.3 Å². The van der Waals surface area contributed by atoms with Crippen LogP contribution in [0.1, 0.15) is 26.3 Å². The third-order valence-electron chi connectivity index (χ3n) is 5.72. The van der Waals surface area contributed by atoms with Crippen molar-refractivity contribution in [1.82, 2.24) is 0 Å². The zero-order valence-electron chi connectivity index (χ0n) is 17.9. The number of rotatable bonds is 4. The predicted octanol–water partition coefficient (Wildman–Crippen LogP) is 7.55. The second kappa shape index (κ2) is 8.04. The summed E-state index contributed by atoms with van der Waals surface area (Å²) in [6, 6.07) is 18.0. The van der Waals surface area contributed by atoms with E-state index in [0.29, 0.717) is 33.6 Å². The molecule has 3 aromatic rings. The van der Waals surface area contributed by atoms with Crippen LogP contribution in [-0.2, 0) is 0 Å². The van der Waals surface area contributed by atoms with Crippen molar-refractivity contribution >= 4 is 8.32 Å². The van der Waals surface area contributed by atoms with Crippen molar-refractivity contribution < 1.29 is 13.2 Å². The molecule has 3 rings (SSSR count). The molecular formula is C25H25F2NOSi. The van der Waals surface area contributed by atoms with E-state index >= 15 is 0 Å². The smallest absolute Gasteiger partial charge is 0.250 e. The molecule has 0 aliphatic heterocycles. The van der Waals surface area contributed by atoms with Gasteiger partial charge in [0.1, 0.15) is 17.4 Å². The molecule has 0 heterocycles. The second-order valence-electron chi connectivity index (χ2n) is 8.89. The maximum Gasteiger partial charge on any atom is 0.250 e. The lowest BCUT2D eigenvalue weighted by Crippen LogP contribution is -2.43. The van der Waals surface area contributed by atoms with E-state index in [0.717, 1.165) is 0 Å². The number of nitriles is 1. The molecular weight excluding hydrogens is 396 g/mol. The van der Waals surface area contributed by atoms with Crippen LogP contribution in [-0.4, -0.2) is 8.32 Å². The fourth-order valence-electron chi connectivity index (χ4n) is 2.88. The van der Waals surface area contributed by atoms with Gasteiger partial charge in [-0.1, -0.05) is 45.0 Å². The zero-order valence-corrected chi connectivity index (χ0v) is 18.9. The van der Waals surface area contributed by atoms with E-state index in [4.69, 9.17) is 9.69 Å². The Kier molecular flexibility index (Phi) is 5.82. The molecule has 0 amide bonds. The minimum Gasteiger partial charge on any atom is -0.543 e. The first-order valence-electron chi connectivity index (χ1n) is 9.81. The third kappa shape index (κ3) is 4.44. The summed E-state index contributed by atoms with van der Waals surface area (Å²) in [5.74, 6) is -0.287. The minimum absolute atomic E-state index is 0.0103. The molecule has 0 bridgehead atoms. The number of benzene rings is 3. The lowest BCUT2D eigenvalue weighted by Gasteiger charge is -2.36. The molecule has 0 aliphatic rings. The van der Waals surface area contributed by atoms with Crippen LogP contribution in [0.2, 0.25) is 18.1 Å². The molecule has 0 N–H and O–H groups in total. The lowest BCUT2D eigenvalue weighted by atomic mass is 9.98. The zero-order chi connectivity index (χ0) is 22.1. The van der Waals surface area contributed by atoms with Crippen LogP contribution in [0.5, 0.6) is 5.75 Å². The number of nitrogens with zero attached hydrogens (tertiary/aromatic N) is 1. The van der Waals surface area contributed by atoms with Gasteiger partial charge in [-0.05, 0) is 65.7 Å². The van der Waals surface area contributed by atoms with Crippen molar-refractivity contribution in [2.75, 3.05) is 0 Å². The van der Waals surface area contributed by atoms with Crippen LogP contribution in [0, 0.1) is 23.0 Å². The largest absolute Gasteiger partial charge is 0.543 e. The normalized spacial score (nSPS) is 11.8. The molecule has 30 heavy (non-hydrogen) atoms. The van der Waals surface area contributed by atoms with E-state index in [1.807, 2.05) is 6.07 Å². The van der Waals surface area contributed by atoms with Crippen molar-refractivity contribution in [3.63, 3.8) is 0 Å². The van der Waals surface area contributed by atoms with Gasteiger partial charge in [0.25, 0.3) is 0 Å². The van der Waals surface area contributed by atoms with Gasteiger partial charge in [0, 0.05) is 11.1 Å². The average molecular weight is 422 g/mol. The van der Waals surface area contributed by atoms with Gasteiger partial charge in [0.2, 0.25) is 8.32 Å². The predicted molar refractivity (Wildman–Crippen MR) is 120 cm³/mol. The molecule has 0 saturated carbocycles. The average Bonchev–Trinajstić information content (AvgIpc) is 2.68. The summed E-state index contributed by atoms with van der Waals surface area (Å²) in [5.41, 5.74) is 2.32. The lowest BCUT2D eigenvalue weighted by molar-refractivity contribution is 0.491. The molecule has 0 atom stereocenters. The third-order valence-corrected chi connectivity index (χ3v) is 10.1. The van der Waals surface area contributed by atoms with Crippen LogP contribution in [0.3, 0.4) is 0 Å². The first-order chi connectivity index (χ1) is 14.0. The molecule has 3 aromatic carbocycles. The molecule has 0 aliphatic carbocycles. The number of hydrogen-bond donors (Lipinski definition) is 0. The van der Waals surface area contributed by atoms with Crippen molar-refractivity contribution in [3.05, 3.63) is 77.9 Å². The Labute approximate surface area is 177 Å². The van der Waals surface area contributed by atoms with Crippen LogP contribution >= 0.6 is 0 Å². The molecule has 154 valence electrons. The van der Waals surface area contributed by atoms with E-state index in [1.165, 1.54) is 12.1 Å². The fourth-order valence-corrected chi connectivity index (χ4v) is 3.90. The molecule has 0 fully saturated rings. The Hall–Kier alpha value is -2.97. The van der Waals surface area contributed by atoms with E-state index < -0.39 is 20.0 Å². The maximum absolute atomic E-state index is 14.9. The van der Waals surface area contributed by atoms with E-state index in [-0.39, 0.29) is 5.04 Å². The van der Waals surface area contributed by atoms with Gasteiger partial charge in [-0.25, -0.2) is 8.78 Å². The van der Waals surface area contributed by atoms with Gasteiger partial charge >= 0.3 is 0 Å². The molecule has 0 unspecified atom stereocenters. The van der Waals surface area contributed by atoms with Gasteiger partial charge in [-0.2, -0.15) is 5.26 Å². The van der Waals surface area contributed by atoms with Crippen molar-refractivity contribution in [2.24, 2.45) is 0 Å². The van der Waals surface area contributed by atoms with E-state index in [1.54, 1.807) is 48.5 Å². The van der Waals surface area contributed by atoms with Crippen molar-refractivity contribution in [3.8, 4) is 34.1 Å². The Morgan fingerprint density at radius 2 is 1.43 bits per heavy atom. The Morgan fingerprint density at radius 1 is 0.800 bits per heavy atom. The fraction of sp³-hybridized carbons (Fsp3) is 0.240. The highest BCUT2D eigenvalue weighted by Crippen LogP contribution is 2.38. The van der Waals surface area contributed by atoms with Crippen molar-refractivity contribution in [2.45, 2.75) is 38.9 Å². The summed E-state index contributed by atoms with van der Waals surface area (Å²) >= 11 is 0. The van der Waals surface area contributed by atoms with Gasteiger partial charge < -0.3 is 4.43 Å². The second-order valence-corrected chi connectivity index (χ2v) is 13.6. The molecule has 0 aromatic heterocycles. The maximum atomic E-state index is 14.9. The van der Waals surface area contributed by atoms with Crippen LogP contribution < -0.4 is 4.43 Å². The standard InChI is InChI=1S/C25H25F2NOSi/c1-25(2,3)30(4,5)29-20-11-13-23(26)22(15-20)19-10-12-21(24(27)14-19)18-8-6-17(16-28)7-9-18/h6-15H,1-5H3. The summed E-state index contributed by atoms with van der Waals surface area (Å²) in [5, 5.41) is 8.92. The topological polar surface area (TPSA) is 33.0 Å². The van der Waals surface area contributed by atoms with Gasteiger partial charge in [-0.15, -0.1) is 0 Å². The van der Waals surface area contributed by atoms with Gasteiger partial charge in [-0.3, -0.25) is 0 Å². The summed E-state index contributed by atoms with van der Waals surface area (Å²) in [6.07, 6.45) is 0.